The third-order valence-electron chi connectivity index (χ3n) is 1.49. The van der Waals surface area contributed by atoms with E-state index < -0.39 is 5.97 Å². The van der Waals surface area contributed by atoms with Crippen LogP contribution in [0.15, 0.2) is 0 Å². The van der Waals surface area contributed by atoms with E-state index in [2.05, 4.69) is 15.3 Å². The van der Waals surface area contributed by atoms with Crippen LogP contribution in [0.2, 0.25) is 5.02 Å². The third-order valence-corrected chi connectivity index (χ3v) is 1.89. The number of carbonyl (C=O) groups is 1. The second-order valence-electron chi connectivity index (χ2n) is 2.51. The minimum Gasteiger partial charge on any atom is -0.481 e. The minimum absolute atomic E-state index is 0.00463. The molecule has 1 aromatic rings. The molecule has 0 amide bonds. The van der Waals surface area contributed by atoms with Crippen molar-refractivity contribution in [1.29, 1.82) is 0 Å². The Kier molecular flexibility index (Phi) is 3.08. The summed E-state index contributed by atoms with van der Waals surface area (Å²) in [5, 5.41) is 11.4. The van der Waals surface area contributed by atoms with Gasteiger partial charge in [0, 0.05) is 7.05 Å². The Labute approximate surface area is 85.1 Å². The molecule has 0 aromatic carbocycles. The van der Waals surface area contributed by atoms with Crippen molar-refractivity contribution in [2.45, 2.75) is 6.42 Å². The zero-order chi connectivity index (χ0) is 10.7. The first-order valence-corrected chi connectivity index (χ1v) is 4.13. The van der Waals surface area contributed by atoms with Gasteiger partial charge in [0.05, 0.1) is 12.1 Å². The van der Waals surface area contributed by atoms with Crippen molar-refractivity contribution in [2.24, 2.45) is 0 Å². The average Bonchev–Trinajstić information content (AvgIpc) is 2.09. The molecule has 0 fully saturated rings. The summed E-state index contributed by atoms with van der Waals surface area (Å²) >= 11 is 5.82. The van der Waals surface area contributed by atoms with Crippen molar-refractivity contribution >= 4 is 29.3 Å². The maximum atomic E-state index is 10.5. The van der Waals surface area contributed by atoms with Crippen LogP contribution in [0, 0.1) is 0 Å². The first-order chi connectivity index (χ1) is 6.54. The van der Waals surface area contributed by atoms with Crippen LogP contribution >= 0.6 is 11.6 Å². The van der Waals surface area contributed by atoms with Crippen molar-refractivity contribution in [3.63, 3.8) is 0 Å². The van der Waals surface area contributed by atoms with Crippen molar-refractivity contribution < 1.29 is 9.90 Å². The zero-order valence-electron chi connectivity index (χ0n) is 7.41. The fraction of sp³-hybridized carbons (Fsp3) is 0.286. The standard InChI is InChI=1S/C7H9ClN4O2/c1-10-6-5(8)3(2-4(13)14)11-7(9)12-6/h2H2,1H3,(H,13,14)(H3,9,10,11,12). The van der Waals surface area contributed by atoms with Crippen LogP contribution in [0.5, 0.6) is 0 Å². The molecule has 0 aliphatic rings. The highest BCUT2D eigenvalue weighted by Gasteiger charge is 2.12. The van der Waals surface area contributed by atoms with Crippen LogP contribution < -0.4 is 11.1 Å². The highest BCUT2D eigenvalue weighted by Crippen LogP contribution is 2.23. The molecule has 0 bridgehead atoms. The van der Waals surface area contributed by atoms with Gasteiger partial charge in [-0.2, -0.15) is 4.98 Å². The smallest absolute Gasteiger partial charge is 0.309 e. The predicted octanol–water partition coefficient (Wildman–Crippen LogP) is 0.381. The second kappa shape index (κ2) is 4.10. The van der Waals surface area contributed by atoms with Crippen molar-refractivity contribution in [1.82, 2.24) is 9.97 Å². The maximum Gasteiger partial charge on any atom is 0.309 e. The van der Waals surface area contributed by atoms with Gasteiger partial charge in [-0.15, -0.1) is 0 Å². The van der Waals surface area contributed by atoms with Gasteiger partial charge in [-0.3, -0.25) is 4.79 Å². The number of carboxylic acids is 1. The van der Waals surface area contributed by atoms with Crippen molar-refractivity contribution in [2.75, 3.05) is 18.1 Å². The minimum atomic E-state index is -1.02. The molecular weight excluding hydrogens is 208 g/mol. The topological polar surface area (TPSA) is 101 Å². The number of halogens is 1. The Morgan fingerprint density at radius 1 is 1.64 bits per heavy atom. The quantitative estimate of drug-likeness (QED) is 0.675. The molecule has 0 saturated carbocycles. The molecule has 0 radical (unpaired) electrons. The fourth-order valence-electron chi connectivity index (χ4n) is 0.939. The summed E-state index contributed by atoms with van der Waals surface area (Å²) < 4.78 is 0. The van der Waals surface area contributed by atoms with Crippen LogP contribution in [-0.2, 0) is 11.2 Å². The maximum absolute atomic E-state index is 10.5. The lowest BCUT2D eigenvalue weighted by Gasteiger charge is -2.06. The predicted molar refractivity (Wildman–Crippen MR) is 52.3 cm³/mol. The van der Waals surface area contributed by atoms with E-state index in [-0.39, 0.29) is 23.1 Å². The Hall–Kier alpha value is -1.56. The largest absolute Gasteiger partial charge is 0.481 e. The summed E-state index contributed by atoms with van der Waals surface area (Å²) in [5.41, 5.74) is 5.57. The second-order valence-corrected chi connectivity index (χ2v) is 2.89. The van der Waals surface area contributed by atoms with E-state index >= 15 is 0 Å². The van der Waals surface area contributed by atoms with Gasteiger partial charge in [0.2, 0.25) is 5.95 Å². The Morgan fingerprint density at radius 3 is 2.79 bits per heavy atom. The molecule has 0 unspecified atom stereocenters. The van der Waals surface area contributed by atoms with Crippen LogP contribution in [0.1, 0.15) is 5.69 Å². The molecule has 0 spiro atoms. The van der Waals surface area contributed by atoms with E-state index in [1.807, 2.05) is 0 Å². The Balaban J connectivity index is 3.15. The third kappa shape index (κ3) is 2.23. The molecule has 14 heavy (non-hydrogen) atoms. The van der Waals surface area contributed by atoms with E-state index in [0.29, 0.717) is 5.82 Å². The fourth-order valence-corrected chi connectivity index (χ4v) is 1.18. The summed E-state index contributed by atoms with van der Waals surface area (Å²) in [7, 11) is 1.61. The number of carboxylic acid groups (broad SMARTS) is 1. The molecule has 0 atom stereocenters. The summed E-state index contributed by atoms with van der Waals surface area (Å²) in [6, 6.07) is 0. The molecule has 1 heterocycles. The van der Waals surface area contributed by atoms with Gasteiger partial charge in [0.1, 0.15) is 5.02 Å². The van der Waals surface area contributed by atoms with Gasteiger partial charge in [-0.25, -0.2) is 4.98 Å². The zero-order valence-corrected chi connectivity index (χ0v) is 8.17. The monoisotopic (exact) mass is 216 g/mol. The number of nitrogens with zero attached hydrogens (tertiary/aromatic N) is 2. The van der Waals surface area contributed by atoms with Crippen LogP contribution in [0.4, 0.5) is 11.8 Å². The number of hydrogen-bond donors (Lipinski definition) is 3. The van der Waals surface area contributed by atoms with Gasteiger partial charge in [-0.05, 0) is 0 Å². The Bertz CT molecular complexity index is 369. The lowest BCUT2D eigenvalue weighted by molar-refractivity contribution is -0.136. The summed E-state index contributed by atoms with van der Waals surface area (Å²) in [6.07, 6.45) is -0.278. The first-order valence-electron chi connectivity index (χ1n) is 3.76. The molecule has 76 valence electrons. The Morgan fingerprint density at radius 2 is 2.29 bits per heavy atom. The molecule has 0 saturated heterocycles. The van der Waals surface area contributed by atoms with E-state index in [9.17, 15) is 4.79 Å². The molecule has 6 nitrogen and oxygen atoms in total. The number of rotatable bonds is 3. The van der Waals surface area contributed by atoms with E-state index in [0.717, 1.165) is 0 Å². The molecular formula is C7H9ClN4O2. The summed E-state index contributed by atoms with van der Waals surface area (Å²) in [4.78, 5) is 18.0. The molecule has 0 aliphatic heterocycles. The summed E-state index contributed by atoms with van der Waals surface area (Å²) in [5.74, 6) is -0.697. The lowest BCUT2D eigenvalue weighted by Crippen LogP contribution is -2.09. The van der Waals surface area contributed by atoms with Crippen LogP contribution in [-0.4, -0.2) is 28.1 Å². The van der Waals surface area contributed by atoms with Crippen molar-refractivity contribution in [3.8, 4) is 0 Å². The van der Waals surface area contributed by atoms with E-state index in [1.54, 1.807) is 7.05 Å². The molecule has 0 aliphatic carbocycles. The highest BCUT2D eigenvalue weighted by molar-refractivity contribution is 6.33. The number of nitrogen functional groups attached to an aromatic ring is 1. The van der Waals surface area contributed by atoms with E-state index in [1.165, 1.54) is 0 Å². The van der Waals surface area contributed by atoms with Gasteiger partial charge in [0.15, 0.2) is 5.82 Å². The number of nitrogens with two attached hydrogens (primary N) is 1. The molecule has 7 heteroatoms. The number of aliphatic carboxylic acids is 1. The lowest BCUT2D eigenvalue weighted by atomic mass is 10.3. The highest BCUT2D eigenvalue weighted by atomic mass is 35.5. The van der Waals surface area contributed by atoms with Crippen LogP contribution in [0.25, 0.3) is 0 Å². The van der Waals surface area contributed by atoms with E-state index in [4.69, 9.17) is 22.4 Å². The van der Waals surface area contributed by atoms with Gasteiger partial charge < -0.3 is 16.2 Å². The molecule has 1 aromatic heterocycles. The van der Waals surface area contributed by atoms with Gasteiger partial charge in [0.25, 0.3) is 0 Å². The number of nitrogens with one attached hydrogen (secondary N) is 1. The summed E-state index contributed by atoms with van der Waals surface area (Å²) in [6.45, 7) is 0. The van der Waals surface area contributed by atoms with Crippen molar-refractivity contribution in [3.05, 3.63) is 10.7 Å². The number of hydrogen-bond acceptors (Lipinski definition) is 5. The normalized spacial score (nSPS) is 9.86. The van der Waals surface area contributed by atoms with Gasteiger partial charge >= 0.3 is 5.97 Å². The average molecular weight is 217 g/mol. The molecule has 4 N–H and O–H groups in total. The first kappa shape index (κ1) is 10.5. The number of anilines is 2. The van der Waals surface area contributed by atoms with Gasteiger partial charge in [-0.1, -0.05) is 11.6 Å². The SMILES string of the molecule is CNc1nc(N)nc(CC(=O)O)c1Cl. The van der Waals surface area contributed by atoms with Crippen LogP contribution in [0.3, 0.4) is 0 Å². The molecule has 1 rings (SSSR count). The number of aromatic nitrogens is 2.